The van der Waals surface area contributed by atoms with Crippen molar-refractivity contribution in [2.45, 2.75) is 71.1 Å². The van der Waals surface area contributed by atoms with Gasteiger partial charge >= 0.3 is 0 Å². The molecule has 0 aliphatic carbocycles. The molecule has 0 saturated carbocycles. The lowest BCUT2D eigenvalue weighted by Crippen LogP contribution is -2.43. The fourth-order valence-corrected chi connectivity index (χ4v) is 7.80. The fourth-order valence-electron chi connectivity index (χ4n) is 7.80. The third-order valence-electron chi connectivity index (χ3n) is 11.8. The zero-order chi connectivity index (χ0) is 38.2. The molecule has 0 atom stereocenters. The molecule has 1 aliphatic rings. The summed E-state index contributed by atoms with van der Waals surface area (Å²) >= 11 is 0. The summed E-state index contributed by atoms with van der Waals surface area (Å²) < 4.78 is 2.79. The zero-order valence-electron chi connectivity index (χ0n) is 34.8. The van der Waals surface area contributed by atoms with Gasteiger partial charge in [0.1, 0.15) is 11.4 Å². The Morgan fingerprint density at radius 1 is 0.769 bits per heavy atom. The minimum Gasteiger partial charge on any atom is -0.385 e. The van der Waals surface area contributed by atoms with Crippen molar-refractivity contribution in [3.8, 4) is 0 Å². The summed E-state index contributed by atoms with van der Waals surface area (Å²) in [6, 6.07) is 27.2. The first-order chi connectivity index (χ1) is 24.4. The van der Waals surface area contributed by atoms with Crippen LogP contribution < -0.4 is 24.9 Å². The van der Waals surface area contributed by atoms with E-state index in [4.69, 9.17) is 5.73 Å². The van der Waals surface area contributed by atoms with Crippen molar-refractivity contribution in [2.24, 2.45) is 5.73 Å². The van der Waals surface area contributed by atoms with E-state index >= 15 is 0 Å². The van der Waals surface area contributed by atoms with Gasteiger partial charge in [0.2, 0.25) is 0 Å². The Bertz CT molecular complexity index is 1640. The van der Waals surface area contributed by atoms with Crippen LogP contribution in [0, 0.1) is 0 Å². The molecular weight excluding hydrogens is 637 g/mol. The number of nitrogens with zero attached hydrogens (tertiary/aromatic N) is 4. The zero-order valence-corrected chi connectivity index (χ0v) is 34.8. The molecule has 1 heterocycles. The third-order valence-corrected chi connectivity index (χ3v) is 11.8. The highest BCUT2D eigenvalue weighted by Gasteiger charge is 2.39. The van der Waals surface area contributed by atoms with E-state index in [-0.39, 0.29) is 10.8 Å². The highest BCUT2D eigenvalue weighted by Crippen LogP contribution is 2.47. The van der Waals surface area contributed by atoms with Gasteiger partial charge in [0.25, 0.3) is 0 Å². The van der Waals surface area contributed by atoms with Gasteiger partial charge < -0.3 is 20.4 Å². The Kier molecular flexibility index (Phi) is 13.6. The molecule has 0 bridgehead atoms. The van der Waals surface area contributed by atoms with Gasteiger partial charge in [-0.25, -0.2) is 0 Å². The van der Waals surface area contributed by atoms with Crippen molar-refractivity contribution in [1.29, 1.82) is 0 Å². The average molecular weight is 710 g/mol. The Balaban J connectivity index is 1.44. The summed E-state index contributed by atoms with van der Waals surface area (Å²) in [7, 11) is 13.9. The van der Waals surface area contributed by atoms with E-state index in [0.29, 0.717) is 0 Å². The number of hydrogen-bond donors (Lipinski definition) is 2. The highest BCUT2D eigenvalue weighted by atomic mass is 15.3. The normalized spacial score (nSPS) is 15.8. The van der Waals surface area contributed by atoms with E-state index < -0.39 is 0 Å². The quantitative estimate of drug-likeness (QED) is 0.0965. The molecule has 3 aromatic carbocycles. The van der Waals surface area contributed by atoms with Gasteiger partial charge in [-0.15, -0.1) is 0 Å². The van der Waals surface area contributed by atoms with E-state index in [0.717, 1.165) is 84.9 Å². The molecule has 0 fully saturated rings. The number of nitrogens with two attached hydrogens (primary N) is 1. The molecule has 0 saturated heterocycles. The van der Waals surface area contributed by atoms with Gasteiger partial charge in [0, 0.05) is 79.1 Å². The van der Waals surface area contributed by atoms with Crippen LogP contribution in [0.5, 0.6) is 0 Å². The Labute approximate surface area is 318 Å². The molecule has 6 nitrogen and oxygen atoms in total. The van der Waals surface area contributed by atoms with Crippen LogP contribution >= 0.6 is 0 Å². The van der Waals surface area contributed by atoms with Crippen molar-refractivity contribution >= 4 is 22.7 Å². The van der Waals surface area contributed by atoms with Crippen LogP contribution in [0.15, 0.2) is 96.7 Å². The minimum atomic E-state index is -0.0604. The van der Waals surface area contributed by atoms with Crippen molar-refractivity contribution < 1.29 is 4.48 Å². The highest BCUT2D eigenvalue weighted by molar-refractivity contribution is 5.70. The van der Waals surface area contributed by atoms with Gasteiger partial charge in [-0.3, -0.25) is 8.97 Å². The molecule has 3 N–H and O–H groups in total. The Morgan fingerprint density at radius 3 is 2.06 bits per heavy atom. The number of fused-ring (bicyclic) bond motifs is 1. The lowest BCUT2D eigenvalue weighted by Gasteiger charge is -2.32. The fraction of sp³-hybridized carbons (Fsp3) is 0.522. The second kappa shape index (κ2) is 17.2. The maximum absolute atomic E-state index is 5.76. The van der Waals surface area contributed by atoms with E-state index in [1.807, 2.05) is 0 Å². The van der Waals surface area contributed by atoms with Gasteiger partial charge in [-0.05, 0) is 54.6 Å². The van der Waals surface area contributed by atoms with Crippen LogP contribution in [-0.2, 0) is 10.8 Å². The Morgan fingerprint density at radius 2 is 1.38 bits per heavy atom. The molecular formula is C46H73N6+3. The van der Waals surface area contributed by atoms with Crippen LogP contribution in [0.4, 0.5) is 22.7 Å². The van der Waals surface area contributed by atoms with E-state index in [1.165, 1.54) is 39.6 Å². The minimum absolute atomic E-state index is 0.00405. The molecule has 52 heavy (non-hydrogen) atoms. The van der Waals surface area contributed by atoms with Gasteiger partial charge in [0.15, 0.2) is 0 Å². The maximum Gasteiger partial charge on any atom is 0.132 e. The molecule has 4 rings (SSSR count). The summed E-state index contributed by atoms with van der Waals surface area (Å²) in [6.07, 6.45) is 11.3. The van der Waals surface area contributed by atoms with Crippen LogP contribution in [0.1, 0.15) is 71.4 Å². The SMILES string of the molecule is CC[N+](C)(C)c1ccc([N+](C)(C)CCCN2C(=CC=CCC(C)(C)c3ccccc3NCCC[N+](C)(C)CCCN)C(C)(C)c3ccccc32)cc1. The molecule has 1 aliphatic heterocycles. The van der Waals surface area contributed by atoms with Crippen LogP contribution in [-0.4, -0.2) is 92.6 Å². The molecule has 0 radical (unpaired) electrons. The number of benzene rings is 3. The van der Waals surface area contributed by atoms with Gasteiger partial charge in [-0.1, -0.05) is 76.2 Å². The lowest BCUT2D eigenvalue weighted by atomic mass is 9.80. The largest absolute Gasteiger partial charge is 0.385 e. The van der Waals surface area contributed by atoms with Crippen molar-refractivity contribution in [3.63, 3.8) is 0 Å². The Hall–Kier alpha value is -3.42. The van der Waals surface area contributed by atoms with E-state index in [9.17, 15) is 0 Å². The predicted octanol–water partition coefficient (Wildman–Crippen LogP) is 9.06. The lowest BCUT2D eigenvalue weighted by molar-refractivity contribution is -0.890. The first-order valence-electron chi connectivity index (χ1n) is 19.8. The number of nitrogens with one attached hydrogen (secondary N) is 1. The molecule has 6 heteroatoms. The topological polar surface area (TPSA) is 41.3 Å². The van der Waals surface area contributed by atoms with Gasteiger partial charge in [-0.2, -0.15) is 0 Å². The first kappa shape index (κ1) is 41.3. The van der Waals surface area contributed by atoms with Crippen molar-refractivity contribution in [2.75, 3.05) is 98.3 Å². The monoisotopic (exact) mass is 710 g/mol. The summed E-state index contributed by atoms with van der Waals surface area (Å²) in [5.74, 6) is 0. The second-order valence-corrected chi connectivity index (χ2v) is 18.0. The molecule has 3 aromatic rings. The number of para-hydroxylation sites is 2. The maximum atomic E-state index is 5.76. The molecule has 0 unspecified atom stereocenters. The molecule has 0 amide bonds. The number of allylic oxidation sites excluding steroid dienone is 4. The average Bonchev–Trinajstić information content (AvgIpc) is 3.32. The third kappa shape index (κ3) is 10.2. The van der Waals surface area contributed by atoms with Crippen molar-refractivity contribution in [3.05, 3.63) is 108 Å². The predicted molar refractivity (Wildman–Crippen MR) is 230 cm³/mol. The number of quaternary nitrogens is 3. The van der Waals surface area contributed by atoms with E-state index in [2.05, 4.69) is 178 Å². The first-order valence-corrected chi connectivity index (χ1v) is 19.8. The van der Waals surface area contributed by atoms with Crippen LogP contribution in [0.25, 0.3) is 0 Å². The van der Waals surface area contributed by atoms with E-state index in [1.54, 1.807) is 0 Å². The molecule has 0 spiro atoms. The number of anilines is 2. The summed E-state index contributed by atoms with van der Waals surface area (Å²) in [5, 5.41) is 3.78. The summed E-state index contributed by atoms with van der Waals surface area (Å²) in [4.78, 5) is 2.59. The van der Waals surface area contributed by atoms with Crippen molar-refractivity contribution in [1.82, 2.24) is 8.97 Å². The summed E-state index contributed by atoms with van der Waals surface area (Å²) in [6.45, 7) is 18.9. The number of rotatable bonds is 19. The standard InChI is InChI=1S/C46H73N6/c1-12-51(8,9)38-27-29-39(30-28-38)52(10,11)37-21-34-49-43-25-16-14-23-41(43)46(4,5)44(49)26-17-18-31-45(2,3)40-22-13-15-24-42(40)48-33-20-36-50(6,7)35-19-32-47/h13-18,22-30,48H,12,19-21,31-37,47H2,1-11H3/q+3. The van der Waals surface area contributed by atoms with Crippen LogP contribution in [0.2, 0.25) is 0 Å². The number of hydrogen-bond acceptors (Lipinski definition) is 3. The van der Waals surface area contributed by atoms with Gasteiger partial charge in [0.05, 0.1) is 68.5 Å². The molecule has 0 aromatic heterocycles. The second-order valence-electron chi connectivity index (χ2n) is 18.0. The summed E-state index contributed by atoms with van der Waals surface area (Å²) in [5.41, 5.74) is 15.2. The smallest absolute Gasteiger partial charge is 0.132 e. The molecule has 284 valence electrons. The van der Waals surface area contributed by atoms with Crippen LogP contribution in [0.3, 0.4) is 0 Å².